The second-order valence-electron chi connectivity index (χ2n) is 5.81. The monoisotopic (exact) mass is 359 g/mol. The molecule has 0 radical (unpaired) electrons. The molecule has 0 spiro atoms. The summed E-state index contributed by atoms with van der Waals surface area (Å²) in [6, 6.07) is 16.9. The van der Waals surface area contributed by atoms with Crippen LogP contribution in [0.1, 0.15) is 5.56 Å². The molecule has 0 unspecified atom stereocenters. The first-order valence-corrected chi connectivity index (χ1v) is 8.45. The third-order valence-electron chi connectivity index (χ3n) is 3.53. The maximum Gasteiger partial charge on any atom is 0.238 e. The van der Waals surface area contributed by atoms with Crippen LogP contribution < -0.4 is 10.6 Å². The highest BCUT2D eigenvalue weighted by atomic mass is 35.5. The van der Waals surface area contributed by atoms with Gasteiger partial charge >= 0.3 is 0 Å². The van der Waals surface area contributed by atoms with E-state index in [9.17, 15) is 9.59 Å². The predicted octanol–water partition coefficient (Wildman–Crippen LogP) is 2.57. The Balaban J connectivity index is 1.66. The number of carbonyl (C=O) groups is 2. The molecule has 5 nitrogen and oxygen atoms in total. The van der Waals surface area contributed by atoms with Crippen molar-refractivity contribution in [3.63, 3.8) is 0 Å². The lowest BCUT2D eigenvalue weighted by Crippen LogP contribution is -2.39. The summed E-state index contributed by atoms with van der Waals surface area (Å²) >= 11 is 5.81. The molecule has 0 bridgehead atoms. The van der Waals surface area contributed by atoms with Gasteiger partial charge in [0, 0.05) is 17.3 Å². The van der Waals surface area contributed by atoms with Crippen molar-refractivity contribution in [3.8, 4) is 0 Å². The van der Waals surface area contributed by atoms with Crippen LogP contribution in [0.25, 0.3) is 0 Å². The van der Waals surface area contributed by atoms with Crippen LogP contribution >= 0.6 is 11.6 Å². The van der Waals surface area contributed by atoms with E-state index in [1.807, 2.05) is 30.3 Å². The number of anilines is 1. The van der Waals surface area contributed by atoms with Crippen LogP contribution in [-0.2, 0) is 16.0 Å². The van der Waals surface area contributed by atoms with Crippen molar-refractivity contribution in [3.05, 3.63) is 65.2 Å². The number of hydrogen-bond donors (Lipinski definition) is 2. The second kappa shape index (κ2) is 9.81. The maximum atomic E-state index is 12.0. The van der Waals surface area contributed by atoms with E-state index in [1.54, 1.807) is 36.2 Å². The molecule has 2 amide bonds. The third kappa shape index (κ3) is 7.37. The Morgan fingerprint density at radius 1 is 0.960 bits per heavy atom. The second-order valence-corrected chi connectivity index (χ2v) is 6.25. The molecule has 6 heteroatoms. The molecule has 0 aliphatic rings. The van der Waals surface area contributed by atoms with Crippen LogP contribution in [0.5, 0.6) is 0 Å². The Hall–Kier alpha value is -2.37. The van der Waals surface area contributed by atoms with Crippen LogP contribution in [0.15, 0.2) is 54.6 Å². The summed E-state index contributed by atoms with van der Waals surface area (Å²) in [6.45, 7) is 0.880. The number of likely N-dealkylation sites (N-methyl/N-ethyl adjacent to an activating group) is 1. The van der Waals surface area contributed by atoms with Gasteiger partial charge < -0.3 is 10.6 Å². The van der Waals surface area contributed by atoms with Crippen LogP contribution in [0.4, 0.5) is 5.69 Å². The normalized spacial score (nSPS) is 10.5. The van der Waals surface area contributed by atoms with Crippen molar-refractivity contribution in [2.75, 3.05) is 32.0 Å². The van der Waals surface area contributed by atoms with Crippen molar-refractivity contribution in [1.82, 2.24) is 10.2 Å². The Kier molecular flexibility index (Phi) is 7.44. The summed E-state index contributed by atoms with van der Waals surface area (Å²) < 4.78 is 0. The average molecular weight is 360 g/mol. The Bertz CT molecular complexity index is 690. The SMILES string of the molecule is CN(CC(=O)NCCc1ccccc1)CC(=O)Nc1ccc(Cl)cc1. The quantitative estimate of drug-likeness (QED) is 0.761. The molecule has 2 N–H and O–H groups in total. The van der Waals surface area contributed by atoms with Crippen LogP contribution in [0.2, 0.25) is 5.02 Å². The van der Waals surface area contributed by atoms with E-state index < -0.39 is 0 Å². The van der Waals surface area contributed by atoms with Crippen molar-refractivity contribution < 1.29 is 9.59 Å². The van der Waals surface area contributed by atoms with Crippen LogP contribution in [-0.4, -0.2) is 43.4 Å². The number of nitrogens with one attached hydrogen (secondary N) is 2. The molecule has 0 aromatic heterocycles. The van der Waals surface area contributed by atoms with E-state index in [0.29, 0.717) is 17.3 Å². The average Bonchev–Trinajstić information content (AvgIpc) is 2.57. The molecule has 2 aromatic rings. The Morgan fingerprint density at radius 2 is 1.60 bits per heavy atom. The molecule has 0 heterocycles. The van der Waals surface area contributed by atoms with Gasteiger partial charge in [-0.1, -0.05) is 41.9 Å². The summed E-state index contributed by atoms with van der Waals surface area (Å²) in [7, 11) is 1.73. The minimum atomic E-state index is -0.179. The lowest BCUT2D eigenvalue weighted by Gasteiger charge is -2.16. The minimum Gasteiger partial charge on any atom is -0.355 e. The van der Waals surface area contributed by atoms with E-state index in [2.05, 4.69) is 10.6 Å². The molecule has 0 aliphatic heterocycles. The molecule has 0 atom stereocenters. The molecule has 0 fully saturated rings. The summed E-state index contributed by atoms with van der Waals surface area (Å²) in [5, 5.41) is 6.24. The number of halogens is 1. The lowest BCUT2D eigenvalue weighted by atomic mass is 10.1. The maximum absolute atomic E-state index is 12.0. The van der Waals surface area contributed by atoms with Gasteiger partial charge in [0.1, 0.15) is 0 Å². The highest BCUT2D eigenvalue weighted by Crippen LogP contribution is 2.13. The molecule has 132 valence electrons. The fourth-order valence-corrected chi connectivity index (χ4v) is 2.45. The number of benzene rings is 2. The van der Waals surface area contributed by atoms with Gasteiger partial charge in [-0.3, -0.25) is 14.5 Å². The van der Waals surface area contributed by atoms with Crippen molar-refractivity contribution in [1.29, 1.82) is 0 Å². The van der Waals surface area contributed by atoms with E-state index in [0.717, 1.165) is 6.42 Å². The summed E-state index contributed by atoms with van der Waals surface area (Å²) in [5.41, 5.74) is 1.86. The number of nitrogens with zero attached hydrogens (tertiary/aromatic N) is 1. The first kappa shape index (κ1) is 19.0. The summed E-state index contributed by atoms with van der Waals surface area (Å²) in [5.74, 6) is -0.278. The molecular weight excluding hydrogens is 338 g/mol. The number of carbonyl (C=O) groups excluding carboxylic acids is 2. The van der Waals surface area contributed by atoms with Gasteiger partial charge in [0.05, 0.1) is 13.1 Å². The summed E-state index contributed by atoms with van der Waals surface area (Å²) in [6.07, 6.45) is 0.785. The molecule has 25 heavy (non-hydrogen) atoms. The Morgan fingerprint density at radius 3 is 2.28 bits per heavy atom. The van der Waals surface area contributed by atoms with Gasteiger partial charge in [-0.25, -0.2) is 0 Å². The molecule has 2 aromatic carbocycles. The zero-order valence-electron chi connectivity index (χ0n) is 14.2. The van der Waals surface area contributed by atoms with Crippen molar-refractivity contribution in [2.24, 2.45) is 0 Å². The predicted molar refractivity (Wildman–Crippen MR) is 101 cm³/mol. The number of amides is 2. The third-order valence-corrected chi connectivity index (χ3v) is 3.79. The minimum absolute atomic E-state index is 0.0993. The van der Waals surface area contributed by atoms with E-state index in [1.165, 1.54) is 5.56 Å². The highest BCUT2D eigenvalue weighted by Gasteiger charge is 2.10. The van der Waals surface area contributed by atoms with Crippen LogP contribution in [0.3, 0.4) is 0 Å². The van der Waals surface area contributed by atoms with Crippen molar-refractivity contribution >= 4 is 29.1 Å². The van der Waals surface area contributed by atoms with Crippen LogP contribution in [0, 0.1) is 0 Å². The summed E-state index contributed by atoms with van der Waals surface area (Å²) in [4.78, 5) is 25.6. The van der Waals surface area contributed by atoms with Gasteiger partial charge in [-0.2, -0.15) is 0 Å². The van der Waals surface area contributed by atoms with E-state index in [4.69, 9.17) is 11.6 Å². The smallest absolute Gasteiger partial charge is 0.238 e. The molecular formula is C19H22ClN3O2. The standard InChI is InChI=1S/C19H22ClN3O2/c1-23(14-19(25)22-17-9-7-16(20)8-10-17)13-18(24)21-12-11-15-5-3-2-4-6-15/h2-10H,11-14H2,1H3,(H,21,24)(H,22,25). The van der Waals surface area contributed by atoms with Gasteiger partial charge in [-0.15, -0.1) is 0 Å². The van der Waals surface area contributed by atoms with Gasteiger partial charge in [0.15, 0.2) is 0 Å². The lowest BCUT2D eigenvalue weighted by molar-refractivity contribution is -0.122. The zero-order valence-corrected chi connectivity index (χ0v) is 14.9. The fraction of sp³-hybridized carbons (Fsp3) is 0.263. The largest absolute Gasteiger partial charge is 0.355 e. The molecule has 0 saturated carbocycles. The Labute approximate surface area is 153 Å². The fourth-order valence-electron chi connectivity index (χ4n) is 2.33. The van der Waals surface area contributed by atoms with Crippen molar-refractivity contribution in [2.45, 2.75) is 6.42 Å². The van der Waals surface area contributed by atoms with E-state index in [-0.39, 0.29) is 24.9 Å². The zero-order chi connectivity index (χ0) is 18.1. The number of hydrogen-bond acceptors (Lipinski definition) is 3. The van der Waals surface area contributed by atoms with E-state index >= 15 is 0 Å². The molecule has 0 aliphatic carbocycles. The first-order chi connectivity index (χ1) is 12.0. The van der Waals surface area contributed by atoms with Gasteiger partial charge in [0.2, 0.25) is 11.8 Å². The number of rotatable bonds is 8. The van der Waals surface area contributed by atoms with Gasteiger partial charge in [-0.05, 0) is 43.3 Å². The van der Waals surface area contributed by atoms with Gasteiger partial charge in [0.25, 0.3) is 0 Å². The first-order valence-electron chi connectivity index (χ1n) is 8.07. The highest BCUT2D eigenvalue weighted by molar-refractivity contribution is 6.30. The topological polar surface area (TPSA) is 61.4 Å². The molecule has 2 rings (SSSR count). The molecule has 0 saturated heterocycles.